The lowest BCUT2D eigenvalue weighted by Crippen LogP contribution is -2.05. The van der Waals surface area contributed by atoms with Gasteiger partial charge in [0.1, 0.15) is 0 Å². The third kappa shape index (κ3) is 4.12. The number of anilines is 1. The summed E-state index contributed by atoms with van der Waals surface area (Å²) in [5.41, 5.74) is 1.34. The van der Waals surface area contributed by atoms with Crippen molar-refractivity contribution in [2.75, 3.05) is 11.9 Å². The van der Waals surface area contributed by atoms with E-state index in [-0.39, 0.29) is 22.7 Å². The van der Waals surface area contributed by atoms with Gasteiger partial charge in [-0.25, -0.2) is 9.78 Å². The highest BCUT2D eigenvalue weighted by molar-refractivity contribution is 8.93. The lowest BCUT2D eigenvalue weighted by molar-refractivity contribution is 0.0691. The van der Waals surface area contributed by atoms with E-state index in [0.29, 0.717) is 5.13 Å². The van der Waals surface area contributed by atoms with Crippen LogP contribution in [0.25, 0.3) is 0 Å². The summed E-state index contributed by atoms with van der Waals surface area (Å²) in [6.45, 7) is 0.747. The first-order valence-corrected chi connectivity index (χ1v) is 6.10. The average molecular weight is 329 g/mol. The number of hydrogen-bond acceptors (Lipinski definition) is 4. The van der Waals surface area contributed by atoms with E-state index in [1.54, 1.807) is 0 Å². The second kappa shape index (κ2) is 7.13. The van der Waals surface area contributed by atoms with Crippen molar-refractivity contribution >= 4 is 39.4 Å². The van der Waals surface area contributed by atoms with Gasteiger partial charge in [-0.1, -0.05) is 30.3 Å². The van der Waals surface area contributed by atoms with Gasteiger partial charge in [-0.2, -0.15) is 0 Å². The molecule has 1 heterocycles. The number of thiazole rings is 1. The van der Waals surface area contributed by atoms with E-state index < -0.39 is 5.97 Å². The molecule has 0 saturated heterocycles. The molecule has 0 saturated carbocycles. The molecule has 4 nitrogen and oxygen atoms in total. The number of aromatic carboxylic acids is 1. The SMILES string of the molecule is Br.O=C(O)c1csc(NCCc2ccccc2)n1. The zero-order chi connectivity index (χ0) is 12.1. The summed E-state index contributed by atoms with van der Waals surface area (Å²) in [4.78, 5) is 14.6. The standard InChI is InChI=1S/C12H12N2O2S.BrH/c15-11(16)10-8-17-12(14-10)13-7-6-9-4-2-1-3-5-9;/h1-5,8H,6-7H2,(H,13,14)(H,15,16);1H. The summed E-state index contributed by atoms with van der Waals surface area (Å²) >= 11 is 1.31. The van der Waals surface area contributed by atoms with Crippen molar-refractivity contribution < 1.29 is 9.90 Å². The predicted molar refractivity (Wildman–Crippen MR) is 78.0 cm³/mol. The third-order valence-corrected chi connectivity index (χ3v) is 3.06. The quantitative estimate of drug-likeness (QED) is 0.885. The van der Waals surface area contributed by atoms with Gasteiger partial charge in [0.2, 0.25) is 0 Å². The van der Waals surface area contributed by atoms with Gasteiger partial charge in [0.05, 0.1) is 0 Å². The van der Waals surface area contributed by atoms with Crippen molar-refractivity contribution in [1.29, 1.82) is 0 Å². The van der Waals surface area contributed by atoms with Crippen molar-refractivity contribution in [3.05, 3.63) is 47.0 Å². The van der Waals surface area contributed by atoms with Gasteiger partial charge in [-0.05, 0) is 12.0 Å². The molecule has 0 aliphatic heterocycles. The van der Waals surface area contributed by atoms with Crippen LogP contribution in [0.15, 0.2) is 35.7 Å². The molecule has 0 aliphatic carbocycles. The molecule has 0 fully saturated rings. The lowest BCUT2D eigenvalue weighted by Gasteiger charge is -2.02. The van der Waals surface area contributed by atoms with Crippen molar-refractivity contribution in [3.63, 3.8) is 0 Å². The lowest BCUT2D eigenvalue weighted by atomic mass is 10.2. The molecule has 18 heavy (non-hydrogen) atoms. The molecule has 0 spiro atoms. The van der Waals surface area contributed by atoms with Gasteiger partial charge < -0.3 is 10.4 Å². The van der Waals surface area contributed by atoms with Gasteiger partial charge >= 0.3 is 5.97 Å². The Hall–Kier alpha value is -1.40. The Balaban J connectivity index is 0.00000162. The second-order valence-corrected chi connectivity index (χ2v) is 4.36. The highest BCUT2D eigenvalue weighted by Gasteiger charge is 2.07. The number of hydrogen-bond donors (Lipinski definition) is 2. The number of nitrogens with zero attached hydrogens (tertiary/aromatic N) is 1. The van der Waals surface area contributed by atoms with E-state index in [4.69, 9.17) is 5.11 Å². The summed E-state index contributed by atoms with van der Waals surface area (Å²) < 4.78 is 0. The van der Waals surface area contributed by atoms with Crippen LogP contribution < -0.4 is 5.32 Å². The first kappa shape index (κ1) is 14.7. The smallest absolute Gasteiger partial charge is 0.355 e. The molecule has 0 unspecified atom stereocenters. The summed E-state index contributed by atoms with van der Waals surface area (Å²) in [5.74, 6) is -0.989. The Morgan fingerprint density at radius 1 is 1.33 bits per heavy atom. The second-order valence-electron chi connectivity index (χ2n) is 3.51. The summed E-state index contributed by atoms with van der Waals surface area (Å²) in [7, 11) is 0. The highest BCUT2D eigenvalue weighted by Crippen LogP contribution is 2.15. The fourth-order valence-corrected chi connectivity index (χ4v) is 2.12. The Morgan fingerprint density at radius 2 is 2.06 bits per heavy atom. The largest absolute Gasteiger partial charge is 0.476 e. The molecular weight excluding hydrogens is 316 g/mol. The van der Waals surface area contributed by atoms with Crippen LogP contribution in [0.2, 0.25) is 0 Å². The van der Waals surface area contributed by atoms with E-state index in [2.05, 4.69) is 22.4 Å². The molecule has 6 heteroatoms. The van der Waals surface area contributed by atoms with Crippen LogP contribution in [0, 0.1) is 0 Å². The summed E-state index contributed by atoms with van der Waals surface area (Å²) in [6, 6.07) is 10.1. The van der Waals surface area contributed by atoms with Crippen LogP contribution >= 0.6 is 28.3 Å². The molecule has 2 N–H and O–H groups in total. The van der Waals surface area contributed by atoms with Gasteiger partial charge in [-0.15, -0.1) is 28.3 Å². The molecule has 2 rings (SSSR count). The van der Waals surface area contributed by atoms with Crippen LogP contribution in [0.1, 0.15) is 16.1 Å². The molecule has 96 valence electrons. The average Bonchev–Trinajstić information content (AvgIpc) is 2.79. The molecule has 0 amide bonds. The van der Waals surface area contributed by atoms with Crippen LogP contribution in [0.5, 0.6) is 0 Å². The van der Waals surface area contributed by atoms with Gasteiger partial charge in [0, 0.05) is 11.9 Å². The number of aromatic nitrogens is 1. The first-order chi connectivity index (χ1) is 8.25. The highest BCUT2D eigenvalue weighted by atomic mass is 79.9. The van der Waals surface area contributed by atoms with Crippen LogP contribution in [-0.2, 0) is 6.42 Å². The van der Waals surface area contributed by atoms with Gasteiger partial charge in [0.25, 0.3) is 0 Å². The molecule has 1 aromatic heterocycles. The van der Waals surface area contributed by atoms with E-state index >= 15 is 0 Å². The maximum Gasteiger partial charge on any atom is 0.355 e. The maximum absolute atomic E-state index is 10.6. The van der Waals surface area contributed by atoms with E-state index in [1.165, 1.54) is 22.3 Å². The third-order valence-electron chi connectivity index (χ3n) is 2.26. The van der Waals surface area contributed by atoms with Gasteiger partial charge in [-0.3, -0.25) is 0 Å². The number of carbonyl (C=O) groups is 1. The predicted octanol–water partition coefficient (Wildman–Crippen LogP) is 3.07. The summed E-state index contributed by atoms with van der Waals surface area (Å²) in [6.07, 6.45) is 0.892. The number of carboxylic acid groups (broad SMARTS) is 1. The van der Waals surface area contributed by atoms with Crippen molar-refractivity contribution in [1.82, 2.24) is 4.98 Å². The van der Waals surface area contributed by atoms with E-state index in [9.17, 15) is 4.79 Å². The molecule has 0 bridgehead atoms. The fraction of sp³-hybridized carbons (Fsp3) is 0.167. The monoisotopic (exact) mass is 328 g/mol. The first-order valence-electron chi connectivity index (χ1n) is 5.22. The molecule has 0 atom stereocenters. The minimum absolute atomic E-state index is 0. The maximum atomic E-state index is 10.6. The number of rotatable bonds is 5. The molecule has 2 aromatic rings. The van der Waals surface area contributed by atoms with Crippen molar-refractivity contribution in [2.24, 2.45) is 0 Å². The zero-order valence-corrected chi connectivity index (χ0v) is 12.0. The molecule has 1 aromatic carbocycles. The van der Waals surface area contributed by atoms with Crippen LogP contribution in [0.4, 0.5) is 5.13 Å². The summed E-state index contributed by atoms with van der Waals surface area (Å²) in [5, 5.41) is 14.0. The Morgan fingerprint density at radius 3 is 2.67 bits per heavy atom. The number of benzene rings is 1. The van der Waals surface area contributed by atoms with Crippen molar-refractivity contribution in [3.8, 4) is 0 Å². The minimum Gasteiger partial charge on any atom is -0.476 e. The molecular formula is C12H13BrN2O2S. The topological polar surface area (TPSA) is 62.2 Å². The van der Waals surface area contributed by atoms with Crippen molar-refractivity contribution in [2.45, 2.75) is 6.42 Å². The number of nitrogens with one attached hydrogen (secondary N) is 1. The Kier molecular flexibility index (Phi) is 5.80. The fourth-order valence-electron chi connectivity index (χ4n) is 1.41. The minimum atomic E-state index is -0.989. The van der Waals surface area contributed by atoms with Crippen LogP contribution in [0.3, 0.4) is 0 Å². The molecule has 0 aliphatic rings. The number of halogens is 1. The Bertz CT molecular complexity index is 502. The normalized spacial score (nSPS) is 9.56. The molecule has 0 radical (unpaired) electrons. The van der Waals surface area contributed by atoms with Crippen LogP contribution in [-0.4, -0.2) is 22.6 Å². The van der Waals surface area contributed by atoms with E-state index in [1.807, 2.05) is 18.2 Å². The van der Waals surface area contributed by atoms with E-state index in [0.717, 1.165) is 13.0 Å². The van der Waals surface area contributed by atoms with Gasteiger partial charge in [0.15, 0.2) is 10.8 Å². The Labute approximate surface area is 119 Å². The zero-order valence-electron chi connectivity index (χ0n) is 9.50. The number of carboxylic acids is 1.